The predicted molar refractivity (Wildman–Crippen MR) is 120 cm³/mol. The Morgan fingerprint density at radius 3 is 2.75 bits per heavy atom. The van der Waals surface area contributed by atoms with Crippen molar-refractivity contribution in [1.29, 1.82) is 0 Å². The first-order chi connectivity index (χ1) is 15.5. The predicted octanol–water partition coefficient (Wildman–Crippen LogP) is 3.83. The van der Waals surface area contributed by atoms with Crippen LogP contribution in [0.15, 0.2) is 71.8 Å². The molecule has 160 valence electrons. The van der Waals surface area contributed by atoms with Crippen LogP contribution in [0, 0.1) is 10.1 Å². The normalized spacial score (nSPS) is 11.0. The lowest BCUT2D eigenvalue weighted by Gasteiger charge is -2.01. The van der Waals surface area contributed by atoms with Crippen molar-refractivity contribution in [2.75, 3.05) is 7.11 Å². The molecule has 0 saturated carbocycles. The second-order valence-corrected chi connectivity index (χ2v) is 6.99. The minimum absolute atomic E-state index is 0.0459. The number of benzene rings is 3. The van der Waals surface area contributed by atoms with E-state index in [2.05, 4.69) is 20.5 Å². The van der Waals surface area contributed by atoms with Crippen molar-refractivity contribution in [1.82, 2.24) is 15.4 Å². The third kappa shape index (κ3) is 4.78. The van der Waals surface area contributed by atoms with Gasteiger partial charge in [0.05, 0.1) is 29.3 Å². The topological polar surface area (TPSA) is 123 Å². The van der Waals surface area contributed by atoms with Crippen LogP contribution in [0.1, 0.15) is 27.3 Å². The summed E-state index contributed by atoms with van der Waals surface area (Å²) < 4.78 is 5.17. The Labute approximate surface area is 182 Å². The van der Waals surface area contributed by atoms with E-state index in [4.69, 9.17) is 4.74 Å². The summed E-state index contributed by atoms with van der Waals surface area (Å²) in [6.45, 7) is 0. The second-order valence-electron chi connectivity index (χ2n) is 6.99. The number of nitrogens with one attached hydrogen (secondary N) is 2. The lowest BCUT2D eigenvalue weighted by atomic mass is 10.1. The number of methoxy groups -OCH3 is 1. The van der Waals surface area contributed by atoms with Crippen LogP contribution in [0.25, 0.3) is 11.0 Å². The molecule has 1 amide bonds. The Morgan fingerprint density at radius 2 is 2.00 bits per heavy atom. The molecule has 3 aromatic carbocycles. The van der Waals surface area contributed by atoms with E-state index in [0.717, 1.165) is 28.2 Å². The van der Waals surface area contributed by atoms with Crippen LogP contribution in [0.2, 0.25) is 0 Å². The Hall–Kier alpha value is -4.53. The van der Waals surface area contributed by atoms with Crippen molar-refractivity contribution >= 4 is 28.8 Å². The minimum atomic E-state index is -0.488. The highest BCUT2D eigenvalue weighted by atomic mass is 16.6. The average Bonchev–Trinajstić information content (AvgIpc) is 3.21. The van der Waals surface area contributed by atoms with Gasteiger partial charge in [0.15, 0.2) is 0 Å². The number of imidazole rings is 1. The van der Waals surface area contributed by atoms with Crippen LogP contribution >= 0.6 is 0 Å². The van der Waals surface area contributed by atoms with Crippen LogP contribution in [-0.4, -0.2) is 34.1 Å². The number of non-ortho nitro benzene ring substituents is 1. The number of aromatic amines is 1. The molecule has 0 aliphatic carbocycles. The first-order valence-electron chi connectivity index (χ1n) is 9.71. The van der Waals surface area contributed by atoms with Gasteiger partial charge in [-0.3, -0.25) is 14.9 Å². The molecule has 0 radical (unpaired) electrons. The molecule has 0 unspecified atom stereocenters. The molecule has 4 aromatic rings. The van der Waals surface area contributed by atoms with Crippen LogP contribution in [-0.2, 0) is 6.42 Å². The number of nitrogens with zero attached hydrogens (tertiary/aromatic N) is 3. The number of nitro groups is 1. The largest absolute Gasteiger partial charge is 0.497 e. The molecular formula is C23H19N5O4. The van der Waals surface area contributed by atoms with Crippen molar-refractivity contribution in [3.05, 3.63) is 99.4 Å². The number of ether oxygens (including phenoxy) is 1. The second kappa shape index (κ2) is 9.09. The van der Waals surface area contributed by atoms with Gasteiger partial charge in [0.1, 0.15) is 11.6 Å². The summed E-state index contributed by atoms with van der Waals surface area (Å²) in [5.74, 6) is 1.17. The van der Waals surface area contributed by atoms with Crippen LogP contribution in [0.5, 0.6) is 5.75 Å². The Bertz CT molecular complexity index is 1310. The molecule has 0 spiro atoms. The number of rotatable bonds is 7. The summed E-state index contributed by atoms with van der Waals surface area (Å²) in [5.41, 5.74) is 5.88. The van der Waals surface area contributed by atoms with Gasteiger partial charge in [0, 0.05) is 29.7 Å². The Balaban J connectivity index is 1.44. The maximum atomic E-state index is 12.4. The fourth-order valence-electron chi connectivity index (χ4n) is 3.17. The van der Waals surface area contributed by atoms with Gasteiger partial charge in [-0.2, -0.15) is 5.10 Å². The van der Waals surface area contributed by atoms with Gasteiger partial charge >= 0.3 is 0 Å². The maximum absolute atomic E-state index is 12.4. The smallest absolute Gasteiger partial charge is 0.271 e. The summed E-state index contributed by atoms with van der Waals surface area (Å²) in [4.78, 5) is 30.6. The molecule has 9 heteroatoms. The molecule has 1 heterocycles. The van der Waals surface area contributed by atoms with E-state index in [1.54, 1.807) is 37.4 Å². The number of nitro benzene ring substituents is 1. The zero-order chi connectivity index (χ0) is 22.5. The van der Waals surface area contributed by atoms with E-state index in [9.17, 15) is 14.9 Å². The monoisotopic (exact) mass is 429 g/mol. The highest BCUT2D eigenvalue weighted by Gasteiger charge is 2.10. The minimum Gasteiger partial charge on any atom is -0.497 e. The number of hydrogen-bond acceptors (Lipinski definition) is 6. The van der Waals surface area contributed by atoms with Gasteiger partial charge in [-0.15, -0.1) is 0 Å². The summed E-state index contributed by atoms with van der Waals surface area (Å²) >= 11 is 0. The molecule has 0 aliphatic rings. The molecule has 0 fully saturated rings. The van der Waals surface area contributed by atoms with E-state index in [1.807, 2.05) is 24.3 Å². The Morgan fingerprint density at radius 1 is 1.19 bits per heavy atom. The van der Waals surface area contributed by atoms with E-state index in [1.165, 1.54) is 18.3 Å². The van der Waals surface area contributed by atoms with Gasteiger partial charge in [-0.25, -0.2) is 10.4 Å². The number of H-pyrrole nitrogens is 1. The molecule has 0 saturated heterocycles. The van der Waals surface area contributed by atoms with Gasteiger partial charge in [0.2, 0.25) is 0 Å². The van der Waals surface area contributed by atoms with Crippen molar-refractivity contribution in [2.45, 2.75) is 6.42 Å². The lowest BCUT2D eigenvalue weighted by Crippen LogP contribution is -2.17. The van der Waals surface area contributed by atoms with Crippen LogP contribution < -0.4 is 10.2 Å². The first-order valence-corrected chi connectivity index (χ1v) is 9.71. The van der Waals surface area contributed by atoms with Crippen LogP contribution in [0.3, 0.4) is 0 Å². The summed E-state index contributed by atoms with van der Waals surface area (Å²) in [6, 6.07) is 18.9. The summed E-state index contributed by atoms with van der Waals surface area (Å²) in [6.07, 6.45) is 1.97. The van der Waals surface area contributed by atoms with E-state index in [-0.39, 0.29) is 5.69 Å². The molecule has 32 heavy (non-hydrogen) atoms. The quantitative estimate of drug-likeness (QED) is 0.263. The number of amides is 1. The fourth-order valence-corrected chi connectivity index (χ4v) is 3.17. The molecule has 0 bridgehead atoms. The van der Waals surface area contributed by atoms with Crippen molar-refractivity contribution in [3.63, 3.8) is 0 Å². The SMILES string of the molecule is COc1ccc(Cc2nc3ccc(C(=O)N/N=C\c4cccc([N+](=O)[O-])c4)cc3[nH]2)cc1. The number of carbonyl (C=O) groups excluding carboxylic acids is 1. The lowest BCUT2D eigenvalue weighted by molar-refractivity contribution is -0.384. The van der Waals surface area contributed by atoms with Gasteiger partial charge in [0.25, 0.3) is 11.6 Å². The fraction of sp³-hybridized carbons (Fsp3) is 0.0870. The zero-order valence-corrected chi connectivity index (χ0v) is 17.1. The van der Waals surface area contributed by atoms with Crippen molar-refractivity contribution < 1.29 is 14.5 Å². The Kier molecular flexibility index (Phi) is 5.89. The molecule has 1 aromatic heterocycles. The number of hydrazone groups is 1. The van der Waals surface area contributed by atoms with Gasteiger partial charge in [-0.05, 0) is 35.9 Å². The number of carbonyl (C=O) groups is 1. The molecular weight excluding hydrogens is 410 g/mol. The molecule has 2 N–H and O–H groups in total. The average molecular weight is 429 g/mol. The summed E-state index contributed by atoms with van der Waals surface area (Å²) in [7, 11) is 1.63. The first kappa shape index (κ1) is 20.7. The van der Waals surface area contributed by atoms with E-state index in [0.29, 0.717) is 17.5 Å². The molecule has 0 atom stereocenters. The molecule has 9 nitrogen and oxygen atoms in total. The maximum Gasteiger partial charge on any atom is 0.271 e. The molecule has 4 rings (SSSR count). The standard InChI is InChI=1S/C23H19N5O4/c1-32-19-8-5-15(6-9-19)12-22-25-20-10-7-17(13-21(20)26-22)23(29)27-24-14-16-3-2-4-18(11-16)28(30)31/h2-11,13-14H,12H2,1H3,(H,25,26)(H,27,29)/b24-14-. The third-order valence-electron chi connectivity index (χ3n) is 4.78. The van der Waals surface area contributed by atoms with E-state index >= 15 is 0 Å². The van der Waals surface area contributed by atoms with Crippen molar-refractivity contribution in [3.8, 4) is 5.75 Å². The third-order valence-corrected chi connectivity index (χ3v) is 4.78. The van der Waals surface area contributed by atoms with Crippen molar-refractivity contribution in [2.24, 2.45) is 5.10 Å². The zero-order valence-electron chi connectivity index (χ0n) is 17.1. The van der Waals surface area contributed by atoms with Gasteiger partial charge in [-0.1, -0.05) is 24.3 Å². The number of fused-ring (bicyclic) bond motifs is 1. The van der Waals surface area contributed by atoms with Gasteiger partial charge < -0.3 is 9.72 Å². The van der Waals surface area contributed by atoms with E-state index < -0.39 is 10.8 Å². The highest BCUT2D eigenvalue weighted by Crippen LogP contribution is 2.18. The molecule has 0 aliphatic heterocycles. The number of hydrogen-bond donors (Lipinski definition) is 2. The number of aromatic nitrogens is 2. The summed E-state index contributed by atoms with van der Waals surface area (Å²) in [5, 5.41) is 14.7. The van der Waals surface area contributed by atoms with Crippen LogP contribution in [0.4, 0.5) is 5.69 Å². The highest BCUT2D eigenvalue weighted by molar-refractivity contribution is 5.97.